The highest BCUT2D eigenvalue weighted by atomic mass is 16.5. The van der Waals surface area contributed by atoms with Gasteiger partial charge in [-0.25, -0.2) is 0 Å². The summed E-state index contributed by atoms with van der Waals surface area (Å²) in [6.07, 6.45) is 1.23. The molecule has 0 saturated heterocycles. The lowest BCUT2D eigenvalue weighted by Crippen LogP contribution is -2.35. The molecule has 5 nitrogen and oxygen atoms in total. The fourth-order valence-corrected chi connectivity index (χ4v) is 1.31. The minimum atomic E-state index is -1.01. The van der Waals surface area contributed by atoms with E-state index in [0.717, 1.165) is 5.56 Å². The summed E-state index contributed by atoms with van der Waals surface area (Å²) in [6, 6.07) is 8.20. The Morgan fingerprint density at radius 3 is 2.58 bits per heavy atom. The standard InChI is InChI=1S/C14H17NO4/c1-2-8-18-13(16)9-12(15)14(17)19-10-11-6-4-3-5-7-11/h2-7,12H,1,8-10,15H2/t12-/m0/s1. The van der Waals surface area contributed by atoms with E-state index in [2.05, 4.69) is 6.58 Å². The number of hydrogen-bond acceptors (Lipinski definition) is 5. The molecule has 2 N–H and O–H groups in total. The summed E-state index contributed by atoms with van der Waals surface area (Å²) in [6.45, 7) is 3.65. The molecule has 0 saturated carbocycles. The van der Waals surface area contributed by atoms with Crippen LogP contribution in [0.2, 0.25) is 0 Å². The summed E-state index contributed by atoms with van der Waals surface area (Å²) >= 11 is 0. The number of nitrogens with two attached hydrogens (primary N) is 1. The van der Waals surface area contributed by atoms with Gasteiger partial charge in [-0.2, -0.15) is 0 Å². The molecule has 0 fully saturated rings. The highest BCUT2D eigenvalue weighted by Gasteiger charge is 2.19. The van der Waals surface area contributed by atoms with E-state index in [4.69, 9.17) is 15.2 Å². The molecule has 0 bridgehead atoms. The van der Waals surface area contributed by atoms with Crippen LogP contribution in [0.25, 0.3) is 0 Å². The Morgan fingerprint density at radius 1 is 1.26 bits per heavy atom. The van der Waals surface area contributed by atoms with E-state index < -0.39 is 18.0 Å². The number of rotatable bonds is 7. The van der Waals surface area contributed by atoms with Crippen LogP contribution in [0.3, 0.4) is 0 Å². The van der Waals surface area contributed by atoms with Crippen molar-refractivity contribution in [3.05, 3.63) is 48.6 Å². The molecule has 102 valence electrons. The number of carbonyl (C=O) groups is 2. The minimum absolute atomic E-state index is 0.102. The largest absolute Gasteiger partial charge is 0.461 e. The Morgan fingerprint density at radius 2 is 1.95 bits per heavy atom. The van der Waals surface area contributed by atoms with Crippen molar-refractivity contribution < 1.29 is 19.1 Å². The second-order valence-corrected chi connectivity index (χ2v) is 3.88. The number of carbonyl (C=O) groups excluding carboxylic acids is 2. The molecule has 5 heteroatoms. The van der Waals surface area contributed by atoms with Crippen LogP contribution in [-0.4, -0.2) is 24.6 Å². The van der Waals surface area contributed by atoms with E-state index in [1.54, 1.807) is 0 Å². The summed E-state index contributed by atoms with van der Waals surface area (Å²) < 4.78 is 9.73. The molecule has 0 radical (unpaired) electrons. The second kappa shape index (κ2) is 8.05. The van der Waals surface area contributed by atoms with Crippen molar-refractivity contribution in [1.82, 2.24) is 0 Å². The van der Waals surface area contributed by atoms with Crippen LogP contribution in [0.4, 0.5) is 0 Å². The third-order valence-corrected chi connectivity index (χ3v) is 2.28. The fourth-order valence-electron chi connectivity index (χ4n) is 1.31. The van der Waals surface area contributed by atoms with Gasteiger partial charge in [-0.3, -0.25) is 9.59 Å². The molecule has 0 aliphatic rings. The van der Waals surface area contributed by atoms with E-state index >= 15 is 0 Å². The van der Waals surface area contributed by atoms with Gasteiger partial charge in [-0.05, 0) is 5.56 Å². The smallest absolute Gasteiger partial charge is 0.323 e. The first-order valence-electron chi connectivity index (χ1n) is 5.86. The maximum absolute atomic E-state index is 11.6. The van der Waals surface area contributed by atoms with Gasteiger partial charge in [0.1, 0.15) is 19.3 Å². The van der Waals surface area contributed by atoms with Gasteiger partial charge in [-0.15, -0.1) is 0 Å². The monoisotopic (exact) mass is 263 g/mol. The molecule has 0 heterocycles. The van der Waals surface area contributed by atoms with E-state index in [0.29, 0.717) is 0 Å². The topological polar surface area (TPSA) is 78.6 Å². The van der Waals surface area contributed by atoms with Crippen LogP contribution in [0.15, 0.2) is 43.0 Å². The van der Waals surface area contributed by atoms with E-state index in [1.807, 2.05) is 30.3 Å². The van der Waals surface area contributed by atoms with Crippen molar-refractivity contribution in [2.75, 3.05) is 6.61 Å². The van der Waals surface area contributed by atoms with Gasteiger partial charge < -0.3 is 15.2 Å². The number of hydrogen-bond donors (Lipinski definition) is 1. The van der Waals surface area contributed by atoms with Crippen molar-refractivity contribution in [3.63, 3.8) is 0 Å². The molecule has 0 amide bonds. The molecule has 1 aromatic rings. The lowest BCUT2D eigenvalue weighted by atomic mass is 10.2. The average Bonchev–Trinajstić information content (AvgIpc) is 2.43. The first kappa shape index (κ1) is 14.9. The molecule has 0 aromatic heterocycles. The quantitative estimate of drug-likeness (QED) is 0.590. The highest BCUT2D eigenvalue weighted by molar-refractivity contribution is 5.82. The van der Waals surface area contributed by atoms with Gasteiger partial charge in [0, 0.05) is 0 Å². The van der Waals surface area contributed by atoms with Crippen LogP contribution >= 0.6 is 0 Å². The Bertz CT molecular complexity index is 430. The van der Waals surface area contributed by atoms with Crippen LogP contribution in [0.5, 0.6) is 0 Å². The van der Waals surface area contributed by atoms with E-state index in [1.165, 1.54) is 6.08 Å². The molecule has 0 unspecified atom stereocenters. The highest BCUT2D eigenvalue weighted by Crippen LogP contribution is 2.03. The predicted octanol–water partition coefficient (Wildman–Crippen LogP) is 1.18. The maximum atomic E-state index is 11.6. The molecule has 19 heavy (non-hydrogen) atoms. The summed E-state index contributed by atoms with van der Waals surface area (Å²) in [5.41, 5.74) is 6.41. The summed E-state index contributed by atoms with van der Waals surface area (Å²) in [4.78, 5) is 22.8. The average molecular weight is 263 g/mol. The minimum Gasteiger partial charge on any atom is -0.461 e. The van der Waals surface area contributed by atoms with Crippen LogP contribution in [0.1, 0.15) is 12.0 Å². The van der Waals surface area contributed by atoms with Crippen molar-refractivity contribution >= 4 is 11.9 Å². The zero-order valence-electron chi connectivity index (χ0n) is 10.6. The SMILES string of the molecule is C=CCOC(=O)C[C@H](N)C(=O)OCc1ccccc1. The van der Waals surface area contributed by atoms with Gasteiger partial charge in [0.05, 0.1) is 6.42 Å². The lowest BCUT2D eigenvalue weighted by molar-refractivity contribution is -0.152. The molecule has 0 aliphatic carbocycles. The normalized spacial score (nSPS) is 11.4. The molecular weight excluding hydrogens is 246 g/mol. The first-order valence-corrected chi connectivity index (χ1v) is 5.86. The van der Waals surface area contributed by atoms with Gasteiger partial charge >= 0.3 is 11.9 Å². The van der Waals surface area contributed by atoms with Crippen molar-refractivity contribution in [3.8, 4) is 0 Å². The first-order chi connectivity index (χ1) is 9.13. The van der Waals surface area contributed by atoms with E-state index in [9.17, 15) is 9.59 Å². The maximum Gasteiger partial charge on any atom is 0.323 e. The van der Waals surface area contributed by atoms with Crippen LogP contribution in [-0.2, 0) is 25.7 Å². The summed E-state index contributed by atoms with van der Waals surface area (Å²) in [7, 11) is 0. The van der Waals surface area contributed by atoms with Crippen molar-refractivity contribution in [2.24, 2.45) is 5.73 Å². The van der Waals surface area contributed by atoms with Crippen LogP contribution in [0, 0.1) is 0 Å². The van der Waals surface area contributed by atoms with Crippen molar-refractivity contribution in [2.45, 2.75) is 19.1 Å². The second-order valence-electron chi connectivity index (χ2n) is 3.88. The van der Waals surface area contributed by atoms with Gasteiger partial charge in [0.25, 0.3) is 0 Å². The third-order valence-electron chi connectivity index (χ3n) is 2.28. The number of benzene rings is 1. The summed E-state index contributed by atoms with van der Waals surface area (Å²) in [5.74, 6) is -1.18. The van der Waals surface area contributed by atoms with Gasteiger partial charge in [0.2, 0.25) is 0 Å². The third kappa shape index (κ3) is 5.83. The number of ether oxygens (including phenoxy) is 2. The molecule has 1 rings (SSSR count). The molecule has 0 aliphatic heterocycles. The molecule has 0 spiro atoms. The molecular formula is C14H17NO4. The Kier molecular flexibility index (Phi) is 6.32. The van der Waals surface area contributed by atoms with E-state index in [-0.39, 0.29) is 19.6 Å². The van der Waals surface area contributed by atoms with Gasteiger partial charge in [0.15, 0.2) is 0 Å². The predicted molar refractivity (Wildman–Crippen MR) is 70.0 cm³/mol. The fraction of sp³-hybridized carbons (Fsp3) is 0.286. The molecule has 1 atom stereocenters. The summed E-state index contributed by atoms with van der Waals surface area (Å²) in [5, 5.41) is 0. The zero-order chi connectivity index (χ0) is 14.1. The zero-order valence-corrected chi connectivity index (χ0v) is 10.6. The lowest BCUT2D eigenvalue weighted by Gasteiger charge is -2.10. The van der Waals surface area contributed by atoms with Crippen LogP contribution < -0.4 is 5.73 Å². The number of esters is 2. The van der Waals surface area contributed by atoms with Gasteiger partial charge in [-0.1, -0.05) is 43.0 Å². The Labute approximate surface area is 112 Å². The Balaban J connectivity index is 2.32. The Hall–Kier alpha value is -2.14. The molecule has 1 aromatic carbocycles. The van der Waals surface area contributed by atoms with Crippen molar-refractivity contribution in [1.29, 1.82) is 0 Å².